The standard InChI is InChI=1S/C28H21FN4O/c29-24-18-21(10-12-23-8-2-4-16-31-23)19-25-27(24)28(34)33-17-14-20(11-13-26(33)32-25)6-5-9-22-7-1-3-15-30-22/h1-4,7-8,15-16,18-20H,6,11,13-14,17H2. The highest BCUT2D eigenvalue weighted by Gasteiger charge is 2.20. The Morgan fingerprint density at radius 1 is 0.971 bits per heavy atom. The lowest BCUT2D eigenvalue weighted by molar-refractivity contribution is 0.455. The quantitative estimate of drug-likeness (QED) is 0.411. The van der Waals surface area contributed by atoms with E-state index in [0.29, 0.717) is 41.5 Å². The molecule has 0 fully saturated rings. The third-order valence-corrected chi connectivity index (χ3v) is 5.90. The largest absolute Gasteiger partial charge is 0.296 e. The number of rotatable bonds is 1. The Balaban J connectivity index is 1.40. The molecular weight excluding hydrogens is 427 g/mol. The number of fused-ring (bicyclic) bond motifs is 2. The summed E-state index contributed by atoms with van der Waals surface area (Å²) in [6.45, 7) is 0.508. The molecule has 34 heavy (non-hydrogen) atoms. The number of nitrogens with zero attached hydrogens (tertiary/aromatic N) is 4. The summed E-state index contributed by atoms with van der Waals surface area (Å²) in [7, 11) is 0. The summed E-state index contributed by atoms with van der Waals surface area (Å²) in [5.41, 5.74) is 1.82. The van der Waals surface area contributed by atoms with Crippen molar-refractivity contribution >= 4 is 10.9 Å². The van der Waals surface area contributed by atoms with Crippen molar-refractivity contribution in [3.8, 4) is 23.7 Å². The highest BCUT2D eigenvalue weighted by Crippen LogP contribution is 2.23. The fourth-order valence-electron chi connectivity index (χ4n) is 4.13. The van der Waals surface area contributed by atoms with Crippen molar-refractivity contribution in [1.29, 1.82) is 0 Å². The van der Waals surface area contributed by atoms with Crippen LogP contribution in [0, 0.1) is 35.4 Å². The van der Waals surface area contributed by atoms with E-state index in [1.807, 2.05) is 30.3 Å². The van der Waals surface area contributed by atoms with Crippen LogP contribution < -0.4 is 5.56 Å². The number of pyridine rings is 2. The molecular formula is C28H21FN4O. The molecule has 166 valence electrons. The van der Waals surface area contributed by atoms with Gasteiger partial charge in [0.15, 0.2) is 0 Å². The zero-order valence-electron chi connectivity index (χ0n) is 18.5. The predicted molar refractivity (Wildman–Crippen MR) is 128 cm³/mol. The van der Waals surface area contributed by atoms with Crippen molar-refractivity contribution in [2.24, 2.45) is 5.92 Å². The van der Waals surface area contributed by atoms with E-state index in [-0.39, 0.29) is 10.9 Å². The smallest absolute Gasteiger partial charge is 0.264 e. The monoisotopic (exact) mass is 448 g/mol. The van der Waals surface area contributed by atoms with Crippen LogP contribution in [-0.2, 0) is 13.0 Å². The van der Waals surface area contributed by atoms with Crippen LogP contribution in [0.5, 0.6) is 0 Å². The van der Waals surface area contributed by atoms with Gasteiger partial charge in [-0.25, -0.2) is 19.3 Å². The van der Waals surface area contributed by atoms with Crippen molar-refractivity contribution in [1.82, 2.24) is 19.5 Å². The molecule has 4 aromatic rings. The molecule has 0 radical (unpaired) electrons. The summed E-state index contributed by atoms with van der Waals surface area (Å²) in [6.07, 6.45) is 6.42. The Morgan fingerprint density at radius 2 is 1.74 bits per heavy atom. The summed E-state index contributed by atoms with van der Waals surface area (Å²) in [5.74, 6) is 12.6. The normalized spacial score (nSPS) is 14.8. The van der Waals surface area contributed by atoms with Crippen molar-refractivity contribution in [2.75, 3.05) is 0 Å². The molecule has 0 saturated heterocycles. The Bertz CT molecular complexity index is 1520. The second-order valence-electron chi connectivity index (χ2n) is 8.22. The van der Waals surface area contributed by atoms with Crippen molar-refractivity contribution < 1.29 is 4.39 Å². The van der Waals surface area contributed by atoms with Gasteiger partial charge in [-0.2, -0.15) is 0 Å². The number of hydrogen-bond donors (Lipinski definition) is 0. The first kappa shape index (κ1) is 21.6. The molecule has 1 aliphatic rings. The summed E-state index contributed by atoms with van der Waals surface area (Å²) >= 11 is 0. The van der Waals surface area contributed by atoms with Gasteiger partial charge in [0.2, 0.25) is 0 Å². The minimum Gasteiger partial charge on any atom is -0.296 e. The van der Waals surface area contributed by atoms with Gasteiger partial charge in [0.1, 0.15) is 28.4 Å². The van der Waals surface area contributed by atoms with Gasteiger partial charge < -0.3 is 0 Å². The van der Waals surface area contributed by atoms with Gasteiger partial charge in [-0.1, -0.05) is 24.0 Å². The molecule has 1 atom stereocenters. The van der Waals surface area contributed by atoms with Gasteiger partial charge in [-0.3, -0.25) is 9.36 Å². The third-order valence-electron chi connectivity index (χ3n) is 5.90. The van der Waals surface area contributed by atoms with Crippen LogP contribution in [0.4, 0.5) is 4.39 Å². The van der Waals surface area contributed by atoms with Crippen LogP contribution in [0.1, 0.15) is 42.0 Å². The fourth-order valence-corrected chi connectivity index (χ4v) is 4.13. The molecule has 3 aromatic heterocycles. The lowest BCUT2D eigenvalue weighted by atomic mass is 9.97. The number of benzene rings is 1. The maximum Gasteiger partial charge on any atom is 0.264 e. The summed E-state index contributed by atoms with van der Waals surface area (Å²) in [4.78, 5) is 26.2. The second kappa shape index (κ2) is 9.68. The first-order valence-corrected chi connectivity index (χ1v) is 11.2. The predicted octanol–water partition coefficient (Wildman–Crippen LogP) is 4.12. The van der Waals surface area contributed by atoms with E-state index < -0.39 is 5.82 Å². The molecule has 0 spiro atoms. The van der Waals surface area contributed by atoms with Crippen LogP contribution in [0.25, 0.3) is 10.9 Å². The molecule has 6 heteroatoms. The van der Waals surface area contributed by atoms with Crippen LogP contribution in [0.3, 0.4) is 0 Å². The minimum absolute atomic E-state index is 0.0144. The van der Waals surface area contributed by atoms with Crippen LogP contribution >= 0.6 is 0 Å². The molecule has 5 rings (SSSR count). The third kappa shape index (κ3) is 4.72. The number of hydrogen-bond acceptors (Lipinski definition) is 4. The second-order valence-corrected chi connectivity index (χ2v) is 8.22. The van der Waals surface area contributed by atoms with Gasteiger partial charge in [-0.15, -0.1) is 0 Å². The van der Waals surface area contributed by atoms with Gasteiger partial charge in [-0.05, 0) is 67.0 Å². The van der Waals surface area contributed by atoms with Crippen molar-refractivity contribution in [2.45, 2.75) is 32.2 Å². The highest BCUT2D eigenvalue weighted by atomic mass is 19.1. The molecule has 0 aliphatic carbocycles. The zero-order chi connectivity index (χ0) is 23.3. The first-order valence-electron chi connectivity index (χ1n) is 11.2. The Labute approximate surface area is 196 Å². The number of halogens is 1. The average molecular weight is 449 g/mol. The van der Waals surface area contributed by atoms with Crippen LogP contribution in [0.15, 0.2) is 65.7 Å². The Hall–Kier alpha value is -4.29. The van der Waals surface area contributed by atoms with E-state index >= 15 is 0 Å². The van der Waals surface area contributed by atoms with Crippen LogP contribution in [-0.4, -0.2) is 19.5 Å². The summed E-state index contributed by atoms with van der Waals surface area (Å²) < 4.78 is 16.6. The molecule has 0 bridgehead atoms. The molecule has 0 amide bonds. The van der Waals surface area contributed by atoms with E-state index in [1.165, 1.54) is 6.07 Å². The molecule has 4 heterocycles. The maximum atomic E-state index is 14.9. The SMILES string of the molecule is O=c1c2c(F)cc(C#Cc3ccccn3)cc2nc2n1CCC(CC#Cc1ccccn1)CC2. The van der Waals surface area contributed by atoms with E-state index in [0.717, 1.165) is 25.0 Å². The molecule has 1 unspecified atom stereocenters. The van der Waals surface area contributed by atoms with Gasteiger partial charge in [0.25, 0.3) is 5.56 Å². The average Bonchev–Trinajstić information content (AvgIpc) is 3.06. The van der Waals surface area contributed by atoms with E-state index in [9.17, 15) is 9.18 Å². The summed E-state index contributed by atoms with van der Waals surface area (Å²) in [5, 5.41) is 0.0144. The number of aromatic nitrogens is 4. The molecule has 1 aromatic carbocycles. The fraction of sp³-hybridized carbons (Fsp3) is 0.214. The lowest BCUT2D eigenvalue weighted by Gasteiger charge is -2.11. The van der Waals surface area contributed by atoms with Crippen molar-refractivity contribution in [3.63, 3.8) is 0 Å². The molecule has 1 aliphatic heterocycles. The van der Waals surface area contributed by atoms with Crippen molar-refractivity contribution in [3.05, 3.63) is 99.9 Å². The van der Waals surface area contributed by atoms with Gasteiger partial charge >= 0.3 is 0 Å². The maximum absolute atomic E-state index is 14.9. The Kier molecular flexibility index (Phi) is 6.14. The van der Waals surface area contributed by atoms with E-state index in [4.69, 9.17) is 0 Å². The molecule has 5 nitrogen and oxygen atoms in total. The van der Waals surface area contributed by atoms with Gasteiger partial charge in [0.05, 0.1) is 5.52 Å². The summed E-state index contributed by atoms with van der Waals surface area (Å²) in [6, 6.07) is 14.1. The molecule has 0 saturated carbocycles. The number of aryl methyl sites for hydroxylation is 1. The Morgan fingerprint density at radius 3 is 2.47 bits per heavy atom. The molecule has 0 N–H and O–H groups in total. The lowest BCUT2D eigenvalue weighted by Crippen LogP contribution is -2.25. The highest BCUT2D eigenvalue weighted by molar-refractivity contribution is 5.80. The zero-order valence-corrected chi connectivity index (χ0v) is 18.5. The van der Waals surface area contributed by atoms with E-state index in [2.05, 4.69) is 38.6 Å². The van der Waals surface area contributed by atoms with Crippen LogP contribution in [0.2, 0.25) is 0 Å². The van der Waals surface area contributed by atoms with E-state index in [1.54, 1.807) is 29.1 Å². The first-order chi connectivity index (χ1) is 16.7. The van der Waals surface area contributed by atoms with Gasteiger partial charge in [0, 0.05) is 37.3 Å². The minimum atomic E-state index is -0.599. The topological polar surface area (TPSA) is 60.7 Å².